The predicted molar refractivity (Wildman–Crippen MR) is 240 cm³/mol. The van der Waals surface area contributed by atoms with Gasteiger partial charge in [0.2, 0.25) is 0 Å². The molecule has 2 aliphatic rings. The first-order chi connectivity index (χ1) is 27.3. The van der Waals surface area contributed by atoms with Gasteiger partial charge in [-0.25, -0.2) is 0 Å². The average Bonchev–Trinajstić information content (AvgIpc) is 3.81. The first kappa shape index (κ1) is 33.1. The van der Waals surface area contributed by atoms with Crippen LogP contribution in [0.3, 0.4) is 0 Å². The summed E-state index contributed by atoms with van der Waals surface area (Å²) in [5.41, 5.74) is 19.0. The lowest BCUT2D eigenvalue weighted by atomic mass is 9.81. The highest BCUT2D eigenvalue weighted by Crippen LogP contribution is 2.55. The van der Waals surface area contributed by atoms with Crippen LogP contribution in [-0.2, 0) is 10.8 Å². The molecule has 0 atom stereocenters. The van der Waals surface area contributed by atoms with E-state index in [1.807, 2.05) is 11.3 Å². The second kappa shape index (κ2) is 12.1. The zero-order chi connectivity index (χ0) is 37.8. The molecule has 2 heteroatoms. The van der Waals surface area contributed by atoms with Crippen LogP contribution in [0.2, 0.25) is 0 Å². The van der Waals surface area contributed by atoms with Crippen molar-refractivity contribution in [3.8, 4) is 44.5 Å². The van der Waals surface area contributed by atoms with Gasteiger partial charge in [0, 0.05) is 47.9 Å². The fraction of sp³-hybridized carbons (Fsp3) is 0.111. The summed E-state index contributed by atoms with van der Waals surface area (Å²) in [5, 5.41) is 2.65. The molecule has 0 saturated carbocycles. The number of benzene rings is 8. The number of nitrogens with zero attached hydrogens (tertiary/aromatic N) is 1. The smallest absolute Gasteiger partial charge is 0.0543 e. The van der Waals surface area contributed by atoms with Crippen LogP contribution >= 0.6 is 11.3 Å². The molecule has 0 aliphatic heterocycles. The Kier molecular flexibility index (Phi) is 7.18. The molecule has 0 saturated heterocycles. The first-order valence-corrected chi connectivity index (χ1v) is 20.5. The topological polar surface area (TPSA) is 3.24 Å². The molecule has 0 bridgehead atoms. The number of fused-ring (bicyclic) bond motifs is 9. The summed E-state index contributed by atoms with van der Waals surface area (Å²) < 4.78 is 2.65. The van der Waals surface area contributed by atoms with Gasteiger partial charge in [-0.3, -0.25) is 0 Å². The van der Waals surface area contributed by atoms with Gasteiger partial charge >= 0.3 is 0 Å². The van der Waals surface area contributed by atoms with E-state index in [-0.39, 0.29) is 10.8 Å². The highest BCUT2D eigenvalue weighted by atomic mass is 32.1. The van der Waals surface area contributed by atoms with Crippen LogP contribution < -0.4 is 4.90 Å². The highest BCUT2D eigenvalue weighted by Gasteiger charge is 2.38. The van der Waals surface area contributed by atoms with E-state index in [9.17, 15) is 0 Å². The Morgan fingerprint density at radius 1 is 0.375 bits per heavy atom. The predicted octanol–water partition coefficient (Wildman–Crippen LogP) is 15.5. The summed E-state index contributed by atoms with van der Waals surface area (Å²) in [4.78, 5) is 2.50. The van der Waals surface area contributed by atoms with Crippen LogP contribution in [0.5, 0.6) is 0 Å². The minimum Gasteiger partial charge on any atom is -0.310 e. The zero-order valence-electron chi connectivity index (χ0n) is 32.1. The molecule has 2 aliphatic carbocycles. The molecule has 1 heterocycles. The second-order valence-electron chi connectivity index (χ2n) is 16.5. The first-order valence-electron chi connectivity index (χ1n) is 19.7. The van der Waals surface area contributed by atoms with Gasteiger partial charge in [0.15, 0.2) is 0 Å². The van der Waals surface area contributed by atoms with Crippen molar-refractivity contribution < 1.29 is 0 Å². The van der Waals surface area contributed by atoms with Gasteiger partial charge in [-0.1, -0.05) is 155 Å². The average molecular weight is 736 g/mol. The standard InChI is InChI=1S/C54H41NS/c1-53(2)46-22-9-6-20-44(46)52-47(53)23-13-24-49(52)55(39-17-12-15-35(31-39)37-27-29-43-42-19-7-10-25-50(42)56-51(43)33-37)38-16-11-14-34(30-38)36-26-28-41-40-18-5-8-21-45(40)54(3,4)48(41)32-36/h5-33H,1-4H3. The van der Waals surface area contributed by atoms with E-state index < -0.39 is 0 Å². The minimum absolute atomic E-state index is 0.0599. The zero-order valence-corrected chi connectivity index (χ0v) is 32.9. The van der Waals surface area contributed by atoms with Gasteiger partial charge in [-0.2, -0.15) is 0 Å². The van der Waals surface area contributed by atoms with Crippen molar-refractivity contribution in [3.05, 3.63) is 198 Å². The van der Waals surface area contributed by atoms with Gasteiger partial charge in [0.25, 0.3) is 0 Å². The Labute approximate surface area is 333 Å². The third-order valence-corrected chi connectivity index (χ3v) is 13.8. The van der Waals surface area contributed by atoms with E-state index in [0.717, 1.165) is 11.4 Å². The molecule has 9 aromatic rings. The lowest BCUT2D eigenvalue weighted by Gasteiger charge is -2.29. The van der Waals surface area contributed by atoms with Gasteiger partial charge in [-0.05, 0) is 110 Å². The maximum Gasteiger partial charge on any atom is 0.0543 e. The molecule has 0 fully saturated rings. The monoisotopic (exact) mass is 735 g/mol. The molecule has 0 spiro atoms. The molecule has 1 nitrogen and oxygen atoms in total. The Morgan fingerprint density at radius 2 is 0.911 bits per heavy atom. The third-order valence-electron chi connectivity index (χ3n) is 12.7. The molecule has 56 heavy (non-hydrogen) atoms. The quantitative estimate of drug-likeness (QED) is 0.170. The molecule has 0 unspecified atom stereocenters. The van der Waals surface area contributed by atoms with Crippen molar-refractivity contribution in [1.82, 2.24) is 0 Å². The summed E-state index contributed by atoms with van der Waals surface area (Å²) in [6.45, 7) is 9.45. The van der Waals surface area contributed by atoms with Crippen LogP contribution in [0.4, 0.5) is 17.1 Å². The molecule has 0 amide bonds. The summed E-state index contributed by atoms with van der Waals surface area (Å²) in [6.07, 6.45) is 0. The van der Waals surface area contributed by atoms with E-state index in [2.05, 4.69) is 209 Å². The Balaban J connectivity index is 1.09. The summed E-state index contributed by atoms with van der Waals surface area (Å²) >= 11 is 1.87. The van der Waals surface area contributed by atoms with Gasteiger partial charge in [-0.15, -0.1) is 11.3 Å². The van der Waals surface area contributed by atoms with Crippen molar-refractivity contribution in [3.63, 3.8) is 0 Å². The normalized spacial score (nSPS) is 14.4. The summed E-state index contributed by atoms with van der Waals surface area (Å²) in [6, 6.07) is 65.8. The van der Waals surface area contributed by atoms with E-state index in [0.29, 0.717) is 0 Å². The Hall–Kier alpha value is -6.22. The van der Waals surface area contributed by atoms with Crippen molar-refractivity contribution in [2.24, 2.45) is 0 Å². The molecule has 0 N–H and O–H groups in total. The number of thiophene rings is 1. The van der Waals surface area contributed by atoms with Gasteiger partial charge in [0.05, 0.1) is 5.69 Å². The SMILES string of the molecule is CC1(C)c2ccccc2-c2ccc(-c3cccc(N(c4cccc(-c5ccc6c(c5)sc5ccccc56)c4)c4cccc5c4-c4ccccc4C5(C)C)c3)cc21. The number of hydrogen-bond acceptors (Lipinski definition) is 2. The molecular weight excluding hydrogens is 695 g/mol. The maximum absolute atomic E-state index is 2.50. The highest BCUT2D eigenvalue weighted by molar-refractivity contribution is 7.25. The third kappa shape index (κ3) is 4.85. The van der Waals surface area contributed by atoms with Crippen molar-refractivity contribution >= 4 is 48.6 Å². The number of hydrogen-bond donors (Lipinski definition) is 0. The minimum atomic E-state index is -0.105. The molecule has 1 aromatic heterocycles. The molecule has 8 aromatic carbocycles. The van der Waals surface area contributed by atoms with Crippen molar-refractivity contribution in [1.29, 1.82) is 0 Å². The fourth-order valence-electron chi connectivity index (χ4n) is 9.79. The fourth-order valence-corrected chi connectivity index (χ4v) is 10.9. The molecular formula is C54H41NS. The maximum atomic E-state index is 2.50. The van der Waals surface area contributed by atoms with Crippen LogP contribution in [0.15, 0.2) is 176 Å². The van der Waals surface area contributed by atoms with E-state index in [1.165, 1.54) is 92.6 Å². The van der Waals surface area contributed by atoms with Crippen LogP contribution in [0.25, 0.3) is 64.7 Å². The number of anilines is 3. The van der Waals surface area contributed by atoms with E-state index in [1.54, 1.807) is 0 Å². The van der Waals surface area contributed by atoms with Crippen molar-refractivity contribution in [2.75, 3.05) is 4.90 Å². The lowest BCUT2D eigenvalue weighted by Crippen LogP contribution is -2.16. The number of rotatable bonds is 5. The van der Waals surface area contributed by atoms with Gasteiger partial charge < -0.3 is 4.90 Å². The molecule has 0 radical (unpaired) electrons. The second-order valence-corrected chi connectivity index (χ2v) is 17.6. The summed E-state index contributed by atoms with van der Waals surface area (Å²) in [5.74, 6) is 0. The van der Waals surface area contributed by atoms with Crippen LogP contribution in [0, 0.1) is 0 Å². The Bertz CT molecular complexity index is 3050. The summed E-state index contributed by atoms with van der Waals surface area (Å²) in [7, 11) is 0. The lowest BCUT2D eigenvalue weighted by molar-refractivity contribution is 0.660. The van der Waals surface area contributed by atoms with Gasteiger partial charge in [0.1, 0.15) is 0 Å². The van der Waals surface area contributed by atoms with Crippen LogP contribution in [0.1, 0.15) is 49.9 Å². The molecule has 268 valence electrons. The Morgan fingerprint density at radius 3 is 1.68 bits per heavy atom. The van der Waals surface area contributed by atoms with E-state index in [4.69, 9.17) is 0 Å². The van der Waals surface area contributed by atoms with Crippen LogP contribution in [-0.4, -0.2) is 0 Å². The molecule has 11 rings (SSSR count). The van der Waals surface area contributed by atoms with E-state index >= 15 is 0 Å². The largest absolute Gasteiger partial charge is 0.310 e. The van der Waals surface area contributed by atoms with Crippen molar-refractivity contribution in [2.45, 2.75) is 38.5 Å².